The molecule has 0 amide bonds. The van der Waals surface area contributed by atoms with Crippen molar-refractivity contribution in [3.8, 4) is 11.5 Å². The Hall–Kier alpha value is -2.16. The quantitative estimate of drug-likeness (QED) is 0.784. The Morgan fingerprint density at radius 2 is 2.04 bits per heavy atom. The van der Waals surface area contributed by atoms with E-state index in [0.717, 1.165) is 5.56 Å². The third-order valence-corrected chi connectivity index (χ3v) is 5.85. The number of fused-ring (bicyclic) bond motifs is 2. The maximum atomic E-state index is 12.0. The van der Waals surface area contributed by atoms with Crippen LogP contribution in [0.1, 0.15) is 10.4 Å². The van der Waals surface area contributed by atoms with E-state index in [0.29, 0.717) is 33.0 Å². The standard InChI is InChI=1S/C15H12N2O4S2/c16-23(18,19)14-10-2-1-5-17-15(10)22-13(14)7-9-3-4-11-12(6-9)21-8-20-11/h1-6H,7-8H2,(H2,16,18,19). The van der Waals surface area contributed by atoms with Crippen molar-refractivity contribution in [3.05, 3.63) is 47.0 Å². The lowest BCUT2D eigenvalue weighted by atomic mass is 10.1. The van der Waals surface area contributed by atoms with E-state index in [9.17, 15) is 8.42 Å². The summed E-state index contributed by atoms with van der Waals surface area (Å²) in [6, 6.07) is 8.99. The highest BCUT2D eigenvalue weighted by Gasteiger charge is 2.22. The summed E-state index contributed by atoms with van der Waals surface area (Å²) in [7, 11) is -3.83. The van der Waals surface area contributed by atoms with Gasteiger partial charge in [0.1, 0.15) is 9.73 Å². The second-order valence-electron chi connectivity index (χ2n) is 5.12. The van der Waals surface area contributed by atoms with Crippen LogP contribution < -0.4 is 14.6 Å². The largest absolute Gasteiger partial charge is 0.454 e. The molecule has 2 N–H and O–H groups in total. The van der Waals surface area contributed by atoms with Crippen molar-refractivity contribution in [1.29, 1.82) is 0 Å². The average Bonchev–Trinajstić information content (AvgIpc) is 3.09. The van der Waals surface area contributed by atoms with Gasteiger partial charge in [-0.2, -0.15) is 0 Å². The molecule has 0 aliphatic carbocycles. The predicted molar refractivity (Wildman–Crippen MR) is 86.4 cm³/mol. The second kappa shape index (κ2) is 5.19. The summed E-state index contributed by atoms with van der Waals surface area (Å²) in [4.78, 5) is 5.71. The number of benzene rings is 1. The molecule has 4 rings (SSSR count). The normalized spacial score (nSPS) is 13.6. The molecular weight excluding hydrogens is 336 g/mol. The molecule has 8 heteroatoms. The van der Waals surface area contributed by atoms with E-state index in [1.165, 1.54) is 11.3 Å². The summed E-state index contributed by atoms with van der Waals surface area (Å²) in [6.45, 7) is 0.202. The maximum Gasteiger partial charge on any atom is 0.239 e. The van der Waals surface area contributed by atoms with E-state index in [-0.39, 0.29) is 11.7 Å². The number of primary sulfonamides is 1. The van der Waals surface area contributed by atoms with Gasteiger partial charge in [-0.1, -0.05) is 6.07 Å². The number of thiophene rings is 1. The van der Waals surface area contributed by atoms with Crippen molar-refractivity contribution in [1.82, 2.24) is 4.98 Å². The lowest BCUT2D eigenvalue weighted by Gasteiger charge is -2.04. The Balaban J connectivity index is 1.83. The number of pyridine rings is 1. The van der Waals surface area contributed by atoms with E-state index < -0.39 is 10.0 Å². The molecule has 0 saturated heterocycles. The summed E-state index contributed by atoms with van der Waals surface area (Å²) in [5.74, 6) is 1.36. The Labute approximate surface area is 136 Å². The maximum absolute atomic E-state index is 12.0. The van der Waals surface area contributed by atoms with Crippen molar-refractivity contribution in [3.63, 3.8) is 0 Å². The minimum absolute atomic E-state index is 0.156. The zero-order valence-electron chi connectivity index (χ0n) is 11.9. The number of nitrogens with zero attached hydrogens (tertiary/aromatic N) is 1. The molecule has 23 heavy (non-hydrogen) atoms. The summed E-state index contributed by atoms with van der Waals surface area (Å²) in [5, 5.41) is 5.98. The molecule has 0 radical (unpaired) electrons. The molecule has 1 aliphatic heterocycles. The Kier molecular flexibility index (Phi) is 3.26. The first kappa shape index (κ1) is 14.4. The van der Waals surface area contributed by atoms with Crippen LogP contribution in [0.15, 0.2) is 41.4 Å². The van der Waals surface area contributed by atoms with Crippen molar-refractivity contribution in [2.24, 2.45) is 5.14 Å². The number of sulfonamides is 1. The van der Waals surface area contributed by atoms with Crippen molar-refractivity contribution in [2.45, 2.75) is 11.3 Å². The molecule has 3 heterocycles. The average molecular weight is 348 g/mol. The van der Waals surface area contributed by atoms with Crippen LogP contribution in [-0.2, 0) is 16.4 Å². The Bertz CT molecular complexity index is 1010. The third kappa shape index (κ3) is 2.54. The van der Waals surface area contributed by atoms with E-state index in [4.69, 9.17) is 14.6 Å². The fourth-order valence-electron chi connectivity index (χ4n) is 2.62. The van der Waals surface area contributed by atoms with E-state index >= 15 is 0 Å². The van der Waals surface area contributed by atoms with Crippen molar-refractivity contribution in [2.75, 3.05) is 6.79 Å². The lowest BCUT2D eigenvalue weighted by molar-refractivity contribution is 0.174. The monoisotopic (exact) mass is 348 g/mol. The van der Waals surface area contributed by atoms with Gasteiger partial charge in [0.2, 0.25) is 16.8 Å². The van der Waals surface area contributed by atoms with Gasteiger partial charge in [0.15, 0.2) is 11.5 Å². The fourth-order valence-corrected chi connectivity index (χ4v) is 5.09. The van der Waals surface area contributed by atoms with Gasteiger partial charge in [-0.15, -0.1) is 11.3 Å². The van der Waals surface area contributed by atoms with Crippen LogP contribution in [0.2, 0.25) is 0 Å². The number of nitrogens with two attached hydrogens (primary N) is 1. The smallest absolute Gasteiger partial charge is 0.239 e. The predicted octanol–water partition coefficient (Wildman–Crippen LogP) is 2.26. The highest BCUT2D eigenvalue weighted by molar-refractivity contribution is 7.89. The van der Waals surface area contributed by atoms with Gasteiger partial charge in [-0.25, -0.2) is 18.5 Å². The Morgan fingerprint density at radius 1 is 1.22 bits per heavy atom. The molecule has 0 spiro atoms. The summed E-state index contributed by atoms with van der Waals surface area (Å²) < 4.78 is 34.7. The number of hydrogen-bond donors (Lipinski definition) is 1. The minimum atomic E-state index is -3.83. The molecular formula is C15H12N2O4S2. The summed E-state index contributed by atoms with van der Waals surface area (Å²) >= 11 is 1.34. The number of ether oxygens (including phenoxy) is 2. The topological polar surface area (TPSA) is 91.5 Å². The number of aromatic nitrogens is 1. The first-order chi connectivity index (χ1) is 11.0. The lowest BCUT2D eigenvalue weighted by Crippen LogP contribution is -2.13. The zero-order chi connectivity index (χ0) is 16.0. The van der Waals surface area contributed by atoms with Gasteiger partial charge in [0.05, 0.1) is 0 Å². The molecule has 0 atom stereocenters. The minimum Gasteiger partial charge on any atom is -0.454 e. The molecule has 0 bridgehead atoms. The van der Waals surface area contributed by atoms with Gasteiger partial charge in [0, 0.05) is 22.9 Å². The molecule has 6 nitrogen and oxygen atoms in total. The van der Waals surface area contributed by atoms with Gasteiger partial charge in [-0.05, 0) is 29.8 Å². The third-order valence-electron chi connectivity index (χ3n) is 3.58. The van der Waals surface area contributed by atoms with Gasteiger partial charge < -0.3 is 9.47 Å². The van der Waals surface area contributed by atoms with Crippen LogP contribution in [0.4, 0.5) is 0 Å². The van der Waals surface area contributed by atoms with Crippen LogP contribution in [0.3, 0.4) is 0 Å². The molecule has 1 aliphatic rings. The second-order valence-corrected chi connectivity index (χ2v) is 7.70. The van der Waals surface area contributed by atoms with Gasteiger partial charge in [-0.3, -0.25) is 0 Å². The van der Waals surface area contributed by atoms with Crippen molar-refractivity contribution < 1.29 is 17.9 Å². The zero-order valence-corrected chi connectivity index (χ0v) is 13.5. The highest BCUT2D eigenvalue weighted by Crippen LogP contribution is 2.37. The SMILES string of the molecule is NS(=O)(=O)c1c(Cc2ccc3c(c2)OCO3)sc2ncccc12. The fraction of sp³-hybridized carbons (Fsp3) is 0.133. The number of hydrogen-bond acceptors (Lipinski definition) is 6. The van der Waals surface area contributed by atoms with Crippen molar-refractivity contribution >= 4 is 31.6 Å². The molecule has 3 aromatic rings. The van der Waals surface area contributed by atoms with Crippen LogP contribution in [0, 0.1) is 0 Å². The van der Waals surface area contributed by atoms with E-state index in [2.05, 4.69) is 4.98 Å². The van der Waals surface area contributed by atoms with Crippen LogP contribution in [0.5, 0.6) is 11.5 Å². The molecule has 0 fully saturated rings. The first-order valence-corrected chi connectivity index (χ1v) is 9.16. The van der Waals surface area contributed by atoms with Gasteiger partial charge in [0.25, 0.3) is 0 Å². The molecule has 0 unspecified atom stereocenters. The molecule has 2 aromatic heterocycles. The van der Waals surface area contributed by atoms with E-state index in [1.54, 1.807) is 18.3 Å². The molecule has 1 aromatic carbocycles. The van der Waals surface area contributed by atoms with E-state index in [1.807, 2.05) is 18.2 Å². The first-order valence-electron chi connectivity index (χ1n) is 6.80. The molecule has 118 valence electrons. The van der Waals surface area contributed by atoms with Crippen LogP contribution in [0.25, 0.3) is 10.2 Å². The van der Waals surface area contributed by atoms with Crippen LogP contribution >= 0.6 is 11.3 Å². The van der Waals surface area contributed by atoms with Crippen LogP contribution in [-0.4, -0.2) is 20.2 Å². The van der Waals surface area contributed by atoms with Gasteiger partial charge >= 0.3 is 0 Å². The Morgan fingerprint density at radius 3 is 2.87 bits per heavy atom. The molecule has 0 saturated carbocycles. The highest BCUT2D eigenvalue weighted by atomic mass is 32.2. The summed E-state index contributed by atoms with van der Waals surface area (Å²) in [6.07, 6.45) is 2.07. The number of rotatable bonds is 3. The summed E-state index contributed by atoms with van der Waals surface area (Å²) in [5.41, 5.74) is 0.922.